The highest BCUT2D eigenvalue weighted by Gasteiger charge is 2.37. The Labute approximate surface area is 115 Å². The minimum absolute atomic E-state index is 0.122. The van der Waals surface area contributed by atoms with Gasteiger partial charge in [0, 0.05) is 20.2 Å². The van der Waals surface area contributed by atoms with Crippen LogP contribution in [-0.2, 0) is 4.74 Å². The van der Waals surface area contributed by atoms with Crippen LogP contribution in [0.25, 0.3) is 0 Å². The second-order valence-electron chi connectivity index (χ2n) is 5.99. The Morgan fingerprint density at radius 1 is 1.32 bits per heavy atom. The lowest BCUT2D eigenvalue weighted by molar-refractivity contribution is -0.0674. The summed E-state index contributed by atoms with van der Waals surface area (Å²) in [5.74, 6) is 0.412. The minimum Gasteiger partial charge on any atom is -0.393 e. The van der Waals surface area contributed by atoms with Crippen LogP contribution in [0.1, 0.15) is 44.9 Å². The first kappa shape index (κ1) is 14.6. The lowest BCUT2D eigenvalue weighted by atomic mass is 9.80. The van der Waals surface area contributed by atoms with Gasteiger partial charge in [-0.2, -0.15) is 0 Å². The van der Waals surface area contributed by atoms with Crippen LogP contribution in [0.5, 0.6) is 0 Å². The van der Waals surface area contributed by atoms with E-state index in [1.807, 2.05) is 0 Å². The maximum atomic E-state index is 11.7. The maximum absolute atomic E-state index is 11.7. The highest BCUT2D eigenvalue weighted by molar-refractivity contribution is 5.73. The van der Waals surface area contributed by atoms with Gasteiger partial charge in [-0.05, 0) is 44.4 Å². The molecule has 19 heavy (non-hydrogen) atoms. The summed E-state index contributed by atoms with van der Waals surface area (Å²) in [6.07, 6.45) is 6.91. The molecule has 0 aromatic rings. The van der Waals surface area contributed by atoms with Crippen molar-refractivity contribution in [2.45, 2.75) is 56.7 Å². The van der Waals surface area contributed by atoms with E-state index < -0.39 is 0 Å². The van der Waals surface area contributed by atoms with Crippen molar-refractivity contribution in [2.24, 2.45) is 5.92 Å². The zero-order valence-corrected chi connectivity index (χ0v) is 11.8. The van der Waals surface area contributed by atoms with Crippen LogP contribution >= 0.6 is 0 Å². The molecule has 0 spiro atoms. The van der Waals surface area contributed by atoms with Crippen LogP contribution in [-0.4, -0.2) is 43.0 Å². The number of amides is 2. The lowest BCUT2D eigenvalue weighted by Gasteiger charge is -2.40. The molecule has 0 aliphatic heterocycles. The molecule has 0 radical (unpaired) electrons. The molecule has 110 valence electrons. The van der Waals surface area contributed by atoms with E-state index in [1.54, 1.807) is 7.11 Å². The van der Waals surface area contributed by atoms with Gasteiger partial charge in [0.25, 0.3) is 0 Å². The van der Waals surface area contributed by atoms with Crippen molar-refractivity contribution in [3.63, 3.8) is 0 Å². The van der Waals surface area contributed by atoms with Gasteiger partial charge in [-0.15, -0.1) is 0 Å². The number of methoxy groups -OCH3 is 1. The van der Waals surface area contributed by atoms with Gasteiger partial charge in [0.1, 0.15) is 0 Å². The molecule has 2 amide bonds. The highest BCUT2D eigenvalue weighted by atomic mass is 16.5. The number of hydrogen-bond donors (Lipinski definition) is 3. The Morgan fingerprint density at radius 3 is 2.68 bits per heavy atom. The molecule has 2 rings (SSSR count). The first-order chi connectivity index (χ1) is 9.13. The molecule has 5 nitrogen and oxygen atoms in total. The van der Waals surface area contributed by atoms with E-state index in [9.17, 15) is 9.90 Å². The summed E-state index contributed by atoms with van der Waals surface area (Å²) in [4.78, 5) is 11.7. The molecule has 2 fully saturated rings. The number of carbonyl (C=O) groups is 1. The minimum atomic E-state index is -0.185. The predicted molar refractivity (Wildman–Crippen MR) is 73.0 cm³/mol. The van der Waals surface area contributed by atoms with E-state index in [-0.39, 0.29) is 17.7 Å². The van der Waals surface area contributed by atoms with Gasteiger partial charge in [-0.25, -0.2) is 4.79 Å². The van der Waals surface area contributed by atoms with Crippen molar-refractivity contribution in [3.05, 3.63) is 0 Å². The van der Waals surface area contributed by atoms with Crippen molar-refractivity contribution < 1.29 is 14.6 Å². The number of carbonyl (C=O) groups excluding carboxylic acids is 1. The molecule has 0 bridgehead atoms. The fourth-order valence-electron chi connectivity index (χ4n) is 3.01. The summed E-state index contributed by atoms with van der Waals surface area (Å²) >= 11 is 0. The number of nitrogens with one attached hydrogen (secondary N) is 2. The Kier molecular flexibility index (Phi) is 5.05. The van der Waals surface area contributed by atoms with E-state index >= 15 is 0 Å². The Bertz CT molecular complexity index is 300. The summed E-state index contributed by atoms with van der Waals surface area (Å²) < 4.78 is 5.46. The van der Waals surface area contributed by atoms with Gasteiger partial charge in [0.15, 0.2) is 0 Å². The second-order valence-corrected chi connectivity index (χ2v) is 5.99. The van der Waals surface area contributed by atoms with Gasteiger partial charge < -0.3 is 20.5 Å². The summed E-state index contributed by atoms with van der Waals surface area (Å²) in [5.41, 5.74) is -0.127. The number of hydrogen-bond acceptors (Lipinski definition) is 3. The number of aliphatic hydroxyl groups is 1. The van der Waals surface area contributed by atoms with Crippen molar-refractivity contribution >= 4 is 6.03 Å². The average molecular weight is 270 g/mol. The van der Waals surface area contributed by atoms with Crippen LogP contribution in [0.15, 0.2) is 0 Å². The second kappa shape index (κ2) is 6.57. The third-order valence-corrected chi connectivity index (χ3v) is 4.58. The van der Waals surface area contributed by atoms with E-state index in [4.69, 9.17) is 4.74 Å². The van der Waals surface area contributed by atoms with E-state index in [1.165, 1.54) is 6.42 Å². The van der Waals surface area contributed by atoms with Crippen molar-refractivity contribution in [1.29, 1.82) is 0 Å². The van der Waals surface area contributed by atoms with Crippen molar-refractivity contribution in [1.82, 2.24) is 10.6 Å². The lowest BCUT2D eigenvalue weighted by Crippen LogP contribution is -2.51. The number of ether oxygens (including phenoxy) is 1. The largest absolute Gasteiger partial charge is 0.393 e. The first-order valence-corrected chi connectivity index (χ1v) is 7.38. The van der Waals surface area contributed by atoms with Crippen molar-refractivity contribution in [3.8, 4) is 0 Å². The summed E-state index contributed by atoms with van der Waals surface area (Å²) in [5, 5.41) is 15.4. The van der Waals surface area contributed by atoms with Gasteiger partial charge in [-0.3, -0.25) is 0 Å². The molecule has 0 saturated heterocycles. The normalized spacial score (nSPS) is 29.4. The van der Waals surface area contributed by atoms with Gasteiger partial charge >= 0.3 is 6.03 Å². The van der Waals surface area contributed by atoms with E-state index in [0.29, 0.717) is 19.0 Å². The topological polar surface area (TPSA) is 70.6 Å². The van der Waals surface area contributed by atoms with Crippen LogP contribution < -0.4 is 10.6 Å². The van der Waals surface area contributed by atoms with E-state index in [2.05, 4.69) is 10.6 Å². The molecule has 2 aliphatic rings. The first-order valence-electron chi connectivity index (χ1n) is 7.38. The predicted octanol–water partition coefficient (Wildman–Crippen LogP) is 1.41. The molecule has 0 aromatic heterocycles. The third kappa shape index (κ3) is 4.08. The Balaban J connectivity index is 1.61. The summed E-state index contributed by atoms with van der Waals surface area (Å²) in [6, 6.07) is -0.122. The zero-order valence-electron chi connectivity index (χ0n) is 11.8. The molecule has 2 saturated carbocycles. The number of rotatable bonds is 5. The molecule has 0 aromatic carbocycles. The number of aliphatic hydroxyl groups excluding tert-OH is 1. The smallest absolute Gasteiger partial charge is 0.314 e. The fraction of sp³-hybridized carbons (Fsp3) is 0.929. The monoisotopic (exact) mass is 270 g/mol. The highest BCUT2D eigenvalue weighted by Crippen LogP contribution is 2.34. The quantitative estimate of drug-likeness (QED) is 0.707. The summed E-state index contributed by atoms with van der Waals surface area (Å²) in [7, 11) is 1.71. The standard InChI is InChI=1S/C14H26N2O3/c1-19-14(6-3-7-14)10-16-13(18)15-9-11-4-2-5-12(17)8-11/h11-12,17H,2-10H2,1H3,(H2,15,16,18). The molecule has 5 heteroatoms. The van der Waals surface area contributed by atoms with Gasteiger partial charge in [0.2, 0.25) is 0 Å². The SMILES string of the molecule is COC1(CNC(=O)NCC2CCCC(O)C2)CCC1. The Hall–Kier alpha value is -0.810. The van der Waals surface area contributed by atoms with Crippen LogP contribution in [0, 0.1) is 5.92 Å². The average Bonchev–Trinajstić information content (AvgIpc) is 2.36. The number of urea groups is 1. The molecule has 3 N–H and O–H groups in total. The molecule has 2 unspecified atom stereocenters. The molecule has 2 atom stereocenters. The molecule has 0 heterocycles. The van der Waals surface area contributed by atoms with Crippen molar-refractivity contribution in [2.75, 3.05) is 20.2 Å². The molecular formula is C14H26N2O3. The van der Waals surface area contributed by atoms with Crippen LogP contribution in [0.3, 0.4) is 0 Å². The van der Waals surface area contributed by atoms with Crippen LogP contribution in [0.4, 0.5) is 4.79 Å². The van der Waals surface area contributed by atoms with Gasteiger partial charge in [-0.1, -0.05) is 6.42 Å². The molecule has 2 aliphatic carbocycles. The zero-order chi connectivity index (χ0) is 13.7. The third-order valence-electron chi connectivity index (χ3n) is 4.58. The van der Waals surface area contributed by atoms with E-state index in [0.717, 1.165) is 38.5 Å². The fourth-order valence-corrected chi connectivity index (χ4v) is 3.01. The van der Waals surface area contributed by atoms with Crippen LogP contribution in [0.2, 0.25) is 0 Å². The molecular weight excluding hydrogens is 244 g/mol. The van der Waals surface area contributed by atoms with Gasteiger partial charge in [0.05, 0.1) is 11.7 Å². The summed E-state index contributed by atoms with van der Waals surface area (Å²) in [6.45, 7) is 1.24. The maximum Gasteiger partial charge on any atom is 0.314 e. The Morgan fingerprint density at radius 2 is 2.11 bits per heavy atom.